The lowest BCUT2D eigenvalue weighted by atomic mass is 10.2. The Balaban J connectivity index is 1.39. The van der Waals surface area contributed by atoms with Crippen molar-refractivity contribution in [1.82, 2.24) is 14.1 Å². The molecule has 188 valence electrons. The molecule has 3 aromatic rings. The van der Waals surface area contributed by atoms with E-state index in [0.717, 1.165) is 30.8 Å². The molecule has 0 aromatic heterocycles. The Labute approximate surface area is 218 Å². The molecule has 6 nitrogen and oxygen atoms in total. The van der Waals surface area contributed by atoms with Crippen LogP contribution in [0.1, 0.15) is 11.1 Å². The highest BCUT2D eigenvalue weighted by Crippen LogP contribution is 2.20. The number of halogens is 1. The minimum absolute atomic E-state index is 0.0877. The lowest BCUT2D eigenvalue weighted by molar-refractivity contribution is -0.133. The maximum absolute atomic E-state index is 13.4. The van der Waals surface area contributed by atoms with Gasteiger partial charge in [-0.05, 0) is 35.4 Å². The van der Waals surface area contributed by atoms with Gasteiger partial charge in [0.2, 0.25) is 15.9 Å². The van der Waals surface area contributed by atoms with Gasteiger partial charge in [0.1, 0.15) is 0 Å². The third-order valence-corrected chi connectivity index (χ3v) is 8.22. The van der Waals surface area contributed by atoms with Crippen LogP contribution in [0.4, 0.5) is 0 Å². The van der Waals surface area contributed by atoms with Crippen molar-refractivity contribution in [1.29, 1.82) is 0 Å². The molecule has 0 unspecified atom stereocenters. The minimum atomic E-state index is -3.86. The van der Waals surface area contributed by atoms with Gasteiger partial charge in [-0.15, -0.1) is 0 Å². The van der Waals surface area contributed by atoms with E-state index < -0.39 is 10.0 Å². The predicted molar refractivity (Wildman–Crippen MR) is 144 cm³/mol. The fourth-order valence-electron chi connectivity index (χ4n) is 4.09. The molecule has 0 atom stereocenters. The summed E-state index contributed by atoms with van der Waals surface area (Å²) in [5, 5.41) is 0.573. The number of carbonyl (C=O) groups is 1. The summed E-state index contributed by atoms with van der Waals surface area (Å²) in [4.78, 5) is 17.4. The highest BCUT2D eigenvalue weighted by molar-refractivity contribution is 7.89. The van der Waals surface area contributed by atoms with E-state index in [2.05, 4.69) is 29.2 Å². The van der Waals surface area contributed by atoms with Crippen molar-refractivity contribution in [3.63, 3.8) is 0 Å². The molecule has 0 radical (unpaired) electrons. The number of carbonyl (C=O) groups excluding carboxylic acids is 1. The van der Waals surface area contributed by atoms with Crippen molar-refractivity contribution >= 4 is 33.6 Å². The number of sulfonamides is 1. The second kappa shape index (κ2) is 12.3. The van der Waals surface area contributed by atoms with E-state index in [-0.39, 0.29) is 23.9 Å². The summed E-state index contributed by atoms with van der Waals surface area (Å²) < 4.78 is 28.1. The maximum atomic E-state index is 13.4. The van der Waals surface area contributed by atoms with E-state index in [1.807, 2.05) is 18.2 Å². The first kappa shape index (κ1) is 26.1. The Hall–Kier alpha value is -2.97. The number of nitrogens with zero attached hydrogens (tertiary/aromatic N) is 3. The fourth-order valence-corrected chi connectivity index (χ4v) is 5.62. The zero-order valence-electron chi connectivity index (χ0n) is 20.0. The van der Waals surface area contributed by atoms with E-state index in [9.17, 15) is 13.2 Å². The van der Waals surface area contributed by atoms with Crippen molar-refractivity contribution in [2.75, 3.05) is 39.3 Å². The Kier molecular flexibility index (Phi) is 8.93. The first-order chi connectivity index (χ1) is 17.4. The van der Waals surface area contributed by atoms with E-state index >= 15 is 0 Å². The monoisotopic (exact) mass is 523 g/mol. The summed E-state index contributed by atoms with van der Waals surface area (Å²) in [5.74, 6) is -0.192. The van der Waals surface area contributed by atoms with Crippen molar-refractivity contribution in [2.45, 2.75) is 11.4 Å². The molecule has 1 amide bonds. The average Bonchev–Trinajstić information content (AvgIpc) is 2.91. The molecule has 1 saturated heterocycles. The third-order valence-electron chi connectivity index (χ3n) is 6.16. The van der Waals surface area contributed by atoms with E-state index in [0.29, 0.717) is 18.1 Å². The number of piperazine rings is 1. The first-order valence-electron chi connectivity index (χ1n) is 11.9. The lowest BCUT2D eigenvalue weighted by Crippen LogP contribution is -2.51. The normalized spacial score (nSPS) is 15.0. The molecule has 1 aliphatic heterocycles. The molecular weight excluding hydrogens is 494 g/mol. The molecule has 1 aliphatic rings. The molecular formula is C28H30ClN3O3S. The van der Waals surface area contributed by atoms with Crippen LogP contribution in [-0.2, 0) is 21.4 Å². The van der Waals surface area contributed by atoms with Crippen LogP contribution >= 0.6 is 11.6 Å². The summed E-state index contributed by atoms with van der Waals surface area (Å²) in [6.07, 6.45) is 4.23. The summed E-state index contributed by atoms with van der Waals surface area (Å²) in [7, 11) is -3.86. The van der Waals surface area contributed by atoms with Crippen LogP contribution in [0.15, 0.2) is 95.9 Å². The van der Waals surface area contributed by atoms with Gasteiger partial charge in [0.05, 0.1) is 11.4 Å². The Morgan fingerprint density at radius 3 is 2.11 bits per heavy atom. The molecule has 4 rings (SSSR count). The number of hydrogen-bond acceptors (Lipinski definition) is 4. The Bertz CT molecular complexity index is 1260. The number of amides is 1. The Morgan fingerprint density at radius 1 is 0.861 bits per heavy atom. The maximum Gasteiger partial charge on any atom is 0.243 e. The van der Waals surface area contributed by atoms with Crippen LogP contribution in [-0.4, -0.2) is 67.7 Å². The van der Waals surface area contributed by atoms with Gasteiger partial charge in [-0.1, -0.05) is 84.4 Å². The topological polar surface area (TPSA) is 60.9 Å². The van der Waals surface area contributed by atoms with Crippen molar-refractivity contribution in [2.24, 2.45) is 0 Å². The standard InChI is InChI=1S/C28H30ClN3O3S/c29-26-15-13-25(14-16-26)22-32(36(34,35)27-11-5-2-6-12-27)23-28(33)31-20-18-30(19-21-31)17-7-10-24-8-3-1-4-9-24/h1-16H,17-23H2/b10-7+. The zero-order chi connectivity index (χ0) is 25.4. The van der Waals surface area contributed by atoms with Gasteiger partial charge in [0, 0.05) is 44.3 Å². The van der Waals surface area contributed by atoms with Gasteiger partial charge >= 0.3 is 0 Å². The molecule has 1 fully saturated rings. The predicted octanol–water partition coefficient (Wildman–Crippen LogP) is 4.39. The summed E-state index contributed by atoms with van der Waals surface area (Å²) >= 11 is 5.99. The molecule has 3 aromatic carbocycles. The first-order valence-corrected chi connectivity index (χ1v) is 13.7. The molecule has 8 heteroatoms. The van der Waals surface area contributed by atoms with Gasteiger partial charge in [-0.2, -0.15) is 4.31 Å². The smallest absolute Gasteiger partial charge is 0.243 e. The zero-order valence-corrected chi connectivity index (χ0v) is 21.6. The molecule has 0 spiro atoms. The van der Waals surface area contributed by atoms with Gasteiger partial charge in [0.25, 0.3) is 0 Å². The van der Waals surface area contributed by atoms with Crippen LogP contribution in [0.25, 0.3) is 6.08 Å². The largest absolute Gasteiger partial charge is 0.339 e. The van der Waals surface area contributed by atoms with Crippen LogP contribution in [0.2, 0.25) is 5.02 Å². The molecule has 0 saturated carbocycles. The molecule has 0 bridgehead atoms. The molecule has 1 heterocycles. The number of rotatable bonds is 9. The average molecular weight is 524 g/mol. The van der Waals surface area contributed by atoms with Crippen LogP contribution in [0.3, 0.4) is 0 Å². The second-order valence-corrected chi connectivity index (χ2v) is 11.1. The van der Waals surface area contributed by atoms with Crippen molar-refractivity contribution in [3.05, 3.63) is 107 Å². The number of hydrogen-bond donors (Lipinski definition) is 0. The SMILES string of the molecule is O=C(CN(Cc1ccc(Cl)cc1)S(=O)(=O)c1ccccc1)N1CCN(C/C=C/c2ccccc2)CC1. The summed E-state index contributed by atoms with van der Waals surface area (Å²) in [6.45, 7) is 3.30. The fraction of sp³-hybridized carbons (Fsp3) is 0.250. The minimum Gasteiger partial charge on any atom is -0.339 e. The van der Waals surface area contributed by atoms with E-state index in [1.165, 1.54) is 4.31 Å². The quantitative estimate of drug-likeness (QED) is 0.417. The molecule has 0 aliphatic carbocycles. The van der Waals surface area contributed by atoms with E-state index in [4.69, 9.17) is 11.6 Å². The second-order valence-electron chi connectivity index (χ2n) is 8.71. The number of benzene rings is 3. The van der Waals surface area contributed by atoms with Gasteiger partial charge in [0.15, 0.2) is 0 Å². The van der Waals surface area contributed by atoms with Gasteiger partial charge in [-0.3, -0.25) is 9.69 Å². The highest BCUT2D eigenvalue weighted by atomic mass is 35.5. The summed E-state index contributed by atoms with van der Waals surface area (Å²) in [5.41, 5.74) is 1.92. The summed E-state index contributed by atoms with van der Waals surface area (Å²) in [6, 6.07) is 25.4. The van der Waals surface area contributed by atoms with Crippen LogP contribution in [0.5, 0.6) is 0 Å². The van der Waals surface area contributed by atoms with Gasteiger partial charge in [-0.25, -0.2) is 8.42 Å². The van der Waals surface area contributed by atoms with E-state index in [1.54, 1.807) is 59.5 Å². The van der Waals surface area contributed by atoms with Crippen molar-refractivity contribution < 1.29 is 13.2 Å². The molecule has 0 N–H and O–H groups in total. The van der Waals surface area contributed by atoms with Crippen LogP contribution in [0, 0.1) is 0 Å². The third kappa shape index (κ3) is 7.04. The van der Waals surface area contributed by atoms with Crippen molar-refractivity contribution in [3.8, 4) is 0 Å². The lowest BCUT2D eigenvalue weighted by Gasteiger charge is -2.35. The highest BCUT2D eigenvalue weighted by Gasteiger charge is 2.29. The van der Waals surface area contributed by atoms with Gasteiger partial charge < -0.3 is 4.90 Å². The molecule has 36 heavy (non-hydrogen) atoms. The Morgan fingerprint density at radius 2 is 1.47 bits per heavy atom. The van der Waals surface area contributed by atoms with Crippen LogP contribution < -0.4 is 0 Å².